The summed E-state index contributed by atoms with van der Waals surface area (Å²) < 4.78 is 2.20. The van der Waals surface area contributed by atoms with E-state index in [2.05, 4.69) is 69.5 Å². The minimum atomic E-state index is 1.03. The van der Waals surface area contributed by atoms with E-state index in [0.29, 0.717) is 0 Å². The summed E-state index contributed by atoms with van der Waals surface area (Å²) in [6.07, 6.45) is 0. The fraction of sp³-hybridized carbons (Fsp3) is 0.182. The van der Waals surface area contributed by atoms with Gasteiger partial charge in [0.1, 0.15) is 3.70 Å². The van der Waals surface area contributed by atoms with Gasteiger partial charge < -0.3 is 0 Å². The zero-order chi connectivity index (χ0) is 10.3. The third-order valence-electron chi connectivity index (χ3n) is 2.40. The van der Waals surface area contributed by atoms with Crippen molar-refractivity contribution < 1.29 is 0 Å². The van der Waals surface area contributed by atoms with Gasteiger partial charge in [0.15, 0.2) is 0 Å². The number of hydrogen-bond donors (Lipinski definition) is 0. The molecular weight excluding hydrogens is 353 g/mol. The summed E-state index contributed by atoms with van der Waals surface area (Å²) in [5, 5.41) is 1.19. The van der Waals surface area contributed by atoms with Crippen LogP contribution in [0.4, 0.5) is 0 Å². The van der Waals surface area contributed by atoms with E-state index in [1.165, 1.54) is 16.5 Å². The average Bonchev–Trinajstić information content (AvgIpc) is 2.14. The standard InChI is InChI=1S/C11H9BrIN/c1-6-5-9-8(11(12)7(6)2)3-4-10(13)14-9/h3-5H,1-2H3. The number of hydrogen-bond acceptors (Lipinski definition) is 1. The Morgan fingerprint density at radius 3 is 2.71 bits per heavy atom. The number of halogens is 2. The van der Waals surface area contributed by atoms with Crippen molar-refractivity contribution >= 4 is 49.4 Å². The molecule has 1 aromatic heterocycles. The van der Waals surface area contributed by atoms with Gasteiger partial charge in [-0.15, -0.1) is 0 Å². The van der Waals surface area contributed by atoms with Crippen LogP contribution in [0.2, 0.25) is 0 Å². The molecule has 0 saturated heterocycles. The molecule has 0 bridgehead atoms. The highest BCUT2D eigenvalue weighted by Crippen LogP contribution is 2.29. The molecule has 3 heteroatoms. The van der Waals surface area contributed by atoms with Gasteiger partial charge in [-0.05, 0) is 81.7 Å². The molecule has 1 aromatic carbocycles. The Hall–Kier alpha value is -0.160. The summed E-state index contributed by atoms with van der Waals surface area (Å²) in [5.41, 5.74) is 3.63. The Morgan fingerprint density at radius 1 is 1.29 bits per heavy atom. The maximum atomic E-state index is 4.50. The minimum absolute atomic E-state index is 1.03. The highest BCUT2D eigenvalue weighted by molar-refractivity contribution is 14.1. The number of rotatable bonds is 0. The molecule has 0 aliphatic rings. The van der Waals surface area contributed by atoms with E-state index in [4.69, 9.17) is 0 Å². The molecule has 0 saturated carbocycles. The number of pyridine rings is 1. The van der Waals surface area contributed by atoms with E-state index in [0.717, 1.165) is 13.7 Å². The molecule has 2 aromatic rings. The van der Waals surface area contributed by atoms with Crippen molar-refractivity contribution in [2.45, 2.75) is 13.8 Å². The van der Waals surface area contributed by atoms with Gasteiger partial charge in [-0.25, -0.2) is 4.98 Å². The Kier molecular flexibility index (Phi) is 2.79. The fourth-order valence-electron chi connectivity index (χ4n) is 1.43. The number of aromatic nitrogens is 1. The lowest BCUT2D eigenvalue weighted by molar-refractivity contribution is 1.29. The molecular formula is C11H9BrIN. The molecule has 14 heavy (non-hydrogen) atoms. The van der Waals surface area contributed by atoms with Crippen molar-refractivity contribution in [2.75, 3.05) is 0 Å². The molecule has 0 spiro atoms. The molecule has 0 radical (unpaired) electrons. The van der Waals surface area contributed by atoms with E-state index in [9.17, 15) is 0 Å². The van der Waals surface area contributed by atoms with Gasteiger partial charge in [0.05, 0.1) is 5.52 Å². The van der Waals surface area contributed by atoms with E-state index in [1.54, 1.807) is 0 Å². The molecule has 0 N–H and O–H groups in total. The lowest BCUT2D eigenvalue weighted by Crippen LogP contribution is -1.89. The van der Waals surface area contributed by atoms with E-state index in [1.807, 2.05) is 6.07 Å². The van der Waals surface area contributed by atoms with Gasteiger partial charge in [-0.2, -0.15) is 0 Å². The second-order valence-electron chi connectivity index (χ2n) is 3.33. The first kappa shape index (κ1) is 10.4. The molecule has 2 rings (SSSR count). The molecule has 0 amide bonds. The topological polar surface area (TPSA) is 12.9 Å². The third kappa shape index (κ3) is 1.67. The molecule has 1 nitrogen and oxygen atoms in total. The molecule has 0 aliphatic heterocycles. The second kappa shape index (κ2) is 3.77. The Labute approximate surface area is 105 Å². The van der Waals surface area contributed by atoms with Crippen LogP contribution >= 0.6 is 38.5 Å². The molecule has 0 unspecified atom stereocenters. The van der Waals surface area contributed by atoms with Crippen LogP contribution in [0.3, 0.4) is 0 Å². The lowest BCUT2D eigenvalue weighted by Gasteiger charge is -2.07. The van der Waals surface area contributed by atoms with E-state index < -0.39 is 0 Å². The van der Waals surface area contributed by atoms with Crippen LogP contribution in [0, 0.1) is 17.5 Å². The largest absolute Gasteiger partial charge is 0.242 e. The first-order chi connectivity index (χ1) is 6.59. The molecule has 1 heterocycles. The van der Waals surface area contributed by atoms with Crippen LogP contribution in [0.15, 0.2) is 22.7 Å². The smallest absolute Gasteiger partial charge is 0.102 e. The Balaban J connectivity index is 2.91. The lowest BCUT2D eigenvalue weighted by atomic mass is 10.1. The van der Waals surface area contributed by atoms with Gasteiger partial charge in [0.25, 0.3) is 0 Å². The SMILES string of the molecule is Cc1cc2nc(I)ccc2c(Br)c1C. The van der Waals surface area contributed by atoms with Crippen molar-refractivity contribution in [3.8, 4) is 0 Å². The third-order valence-corrected chi connectivity index (χ3v) is 4.02. The number of nitrogens with zero attached hydrogens (tertiary/aromatic N) is 1. The second-order valence-corrected chi connectivity index (χ2v) is 5.23. The molecule has 0 fully saturated rings. The van der Waals surface area contributed by atoms with Crippen LogP contribution in [-0.2, 0) is 0 Å². The van der Waals surface area contributed by atoms with Crippen LogP contribution in [0.1, 0.15) is 11.1 Å². The summed E-state index contributed by atoms with van der Waals surface area (Å²) in [4.78, 5) is 4.50. The summed E-state index contributed by atoms with van der Waals surface area (Å²) >= 11 is 5.85. The van der Waals surface area contributed by atoms with Crippen molar-refractivity contribution in [3.63, 3.8) is 0 Å². The summed E-state index contributed by atoms with van der Waals surface area (Å²) in [6, 6.07) is 6.28. The fourth-order valence-corrected chi connectivity index (χ4v) is 2.52. The summed E-state index contributed by atoms with van der Waals surface area (Å²) in [6.45, 7) is 4.23. The number of benzene rings is 1. The maximum Gasteiger partial charge on any atom is 0.102 e. The van der Waals surface area contributed by atoms with Gasteiger partial charge in [-0.1, -0.05) is 0 Å². The highest BCUT2D eigenvalue weighted by Gasteiger charge is 2.06. The Morgan fingerprint density at radius 2 is 2.00 bits per heavy atom. The van der Waals surface area contributed by atoms with Crippen LogP contribution in [-0.4, -0.2) is 4.98 Å². The quantitative estimate of drug-likeness (QED) is 0.505. The monoisotopic (exact) mass is 361 g/mol. The van der Waals surface area contributed by atoms with Crippen LogP contribution < -0.4 is 0 Å². The van der Waals surface area contributed by atoms with Crippen molar-refractivity contribution in [2.24, 2.45) is 0 Å². The maximum absolute atomic E-state index is 4.50. The van der Waals surface area contributed by atoms with Crippen molar-refractivity contribution in [1.82, 2.24) is 4.98 Å². The highest BCUT2D eigenvalue weighted by atomic mass is 127. The minimum Gasteiger partial charge on any atom is -0.242 e. The Bertz CT molecular complexity index is 508. The normalized spacial score (nSPS) is 10.9. The predicted molar refractivity (Wildman–Crippen MR) is 71.6 cm³/mol. The van der Waals surface area contributed by atoms with Crippen LogP contribution in [0.25, 0.3) is 10.9 Å². The summed E-state index contributed by atoms with van der Waals surface area (Å²) in [5.74, 6) is 0. The van der Waals surface area contributed by atoms with E-state index >= 15 is 0 Å². The van der Waals surface area contributed by atoms with Crippen molar-refractivity contribution in [1.29, 1.82) is 0 Å². The first-order valence-corrected chi connectivity index (χ1v) is 6.18. The zero-order valence-electron chi connectivity index (χ0n) is 7.94. The van der Waals surface area contributed by atoms with Crippen LogP contribution in [0.5, 0.6) is 0 Å². The predicted octanol–water partition coefficient (Wildman–Crippen LogP) is 4.22. The first-order valence-electron chi connectivity index (χ1n) is 4.31. The summed E-state index contributed by atoms with van der Waals surface area (Å²) in [7, 11) is 0. The van der Waals surface area contributed by atoms with E-state index in [-0.39, 0.29) is 0 Å². The molecule has 0 atom stereocenters. The van der Waals surface area contributed by atoms with Gasteiger partial charge in [0, 0.05) is 9.86 Å². The molecule has 0 aliphatic carbocycles. The van der Waals surface area contributed by atoms with Gasteiger partial charge in [-0.3, -0.25) is 0 Å². The average molecular weight is 362 g/mol. The number of fused-ring (bicyclic) bond motifs is 1. The zero-order valence-corrected chi connectivity index (χ0v) is 11.7. The van der Waals surface area contributed by atoms with Gasteiger partial charge >= 0.3 is 0 Å². The number of aryl methyl sites for hydroxylation is 1. The van der Waals surface area contributed by atoms with Gasteiger partial charge in [0.2, 0.25) is 0 Å². The molecule has 72 valence electrons. The van der Waals surface area contributed by atoms with Crippen molar-refractivity contribution in [3.05, 3.63) is 37.5 Å².